The van der Waals surface area contributed by atoms with Gasteiger partial charge in [-0.05, 0) is 55.1 Å². The monoisotopic (exact) mass is 267 g/mol. The zero-order valence-corrected chi connectivity index (χ0v) is 11.7. The average Bonchev–Trinajstić information content (AvgIpc) is 2.90. The van der Waals surface area contributed by atoms with E-state index in [1.54, 1.807) is 11.3 Å². The highest BCUT2D eigenvalue weighted by molar-refractivity contribution is 7.07. The normalized spacial score (nSPS) is 20.8. The minimum Gasteiger partial charge on any atom is -0.465 e. The number of hydrogen-bond acceptors (Lipinski definition) is 4. The number of likely N-dealkylation sites (tertiary alicyclic amines) is 1. The summed E-state index contributed by atoms with van der Waals surface area (Å²) in [5, 5.41) is 4.29. The van der Waals surface area contributed by atoms with E-state index in [1.807, 2.05) is 6.92 Å². The van der Waals surface area contributed by atoms with Crippen LogP contribution in [0.25, 0.3) is 0 Å². The van der Waals surface area contributed by atoms with Crippen molar-refractivity contribution in [3.63, 3.8) is 0 Å². The Morgan fingerprint density at radius 1 is 1.56 bits per heavy atom. The smallest absolute Gasteiger partial charge is 0.323 e. The maximum Gasteiger partial charge on any atom is 0.323 e. The van der Waals surface area contributed by atoms with Crippen LogP contribution in [-0.4, -0.2) is 36.6 Å². The van der Waals surface area contributed by atoms with Gasteiger partial charge >= 0.3 is 5.97 Å². The second-order valence-electron chi connectivity index (χ2n) is 4.68. The van der Waals surface area contributed by atoms with Gasteiger partial charge in [0.2, 0.25) is 0 Å². The van der Waals surface area contributed by atoms with Gasteiger partial charge in [-0.2, -0.15) is 11.3 Å². The molecule has 0 aliphatic carbocycles. The highest BCUT2D eigenvalue weighted by Crippen LogP contribution is 2.19. The molecule has 3 nitrogen and oxygen atoms in total. The fourth-order valence-corrected chi connectivity index (χ4v) is 3.17. The molecule has 1 aliphatic rings. The lowest BCUT2D eigenvalue weighted by Crippen LogP contribution is -2.46. The summed E-state index contributed by atoms with van der Waals surface area (Å²) in [5.74, 6) is -0.0393. The molecule has 0 N–H and O–H groups in total. The van der Waals surface area contributed by atoms with Crippen LogP contribution >= 0.6 is 11.3 Å². The Balaban J connectivity index is 1.89. The molecule has 0 spiro atoms. The third-order valence-electron chi connectivity index (χ3n) is 3.44. The number of rotatable bonds is 5. The predicted molar refractivity (Wildman–Crippen MR) is 73.9 cm³/mol. The molecule has 2 heterocycles. The quantitative estimate of drug-likeness (QED) is 0.768. The summed E-state index contributed by atoms with van der Waals surface area (Å²) < 4.78 is 5.17. The Kier molecular flexibility index (Phi) is 5.20. The summed E-state index contributed by atoms with van der Waals surface area (Å²) in [4.78, 5) is 14.2. The van der Waals surface area contributed by atoms with Crippen LogP contribution in [0.3, 0.4) is 0 Å². The fraction of sp³-hybridized carbons (Fsp3) is 0.643. The first-order valence-corrected chi connectivity index (χ1v) is 7.67. The van der Waals surface area contributed by atoms with Crippen molar-refractivity contribution in [2.45, 2.75) is 38.6 Å². The molecule has 0 bridgehead atoms. The lowest BCUT2D eigenvalue weighted by molar-refractivity contribution is -0.150. The van der Waals surface area contributed by atoms with E-state index in [0.29, 0.717) is 6.61 Å². The maximum absolute atomic E-state index is 11.9. The van der Waals surface area contributed by atoms with Gasteiger partial charge in [0.15, 0.2) is 0 Å². The van der Waals surface area contributed by atoms with Crippen LogP contribution in [0.4, 0.5) is 0 Å². The van der Waals surface area contributed by atoms with Crippen LogP contribution < -0.4 is 0 Å². The van der Waals surface area contributed by atoms with Gasteiger partial charge < -0.3 is 4.74 Å². The van der Waals surface area contributed by atoms with Crippen LogP contribution in [-0.2, 0) is 16.0 Å². The lowest BCUT2D eigenvalue weighted by Gasteiger charge is -2.33. The molecule has 1 aromatic heterocycles. The first-order chi connectivity index (χ1) is 8.81. The number of nitrogens with zero attached hydrogens (tertiary/aromatic N) is 1. The first kappa shape index (κ1) is 13.6. The van der Waals surface area contributed by atoms with E-state index in [-0.39, 0.29) is 12.0 Å². The van der Waals surface area contributed by atoms with Gasteiger partial charge in [-0.3, -0.25) is 9.69 Å². The molecule has 1 saturated heterocycles. The second-order valence-corrected chi connectivity index (χ2v) is 5.46. The summed E-state index contributed by atoms with van der Waals surface area (Å²) in [5.41, 5.74) is 1.37. The molecule has 0 radical (unpaired) electrons. The predicted octanol–water partition coefficient (Wildman–Crippen LogP) is 2.71. The number of hydrogen-bond donors (Lipinski definition) is 0. The average molecular weight is 267 g/mol. The zero-order chi connectivity index (χ0) is 12.8. The van der Waals surface area contributed by atoms with Crippen molar-refractivity contribution in [3.8, 4) is 0 Å². The fourth-order valence-electron chi connectivity index (χ4n) is 2.47. The third kappa shape index (κ3) is 3.56. The van der Waals surface area contributed by atoms with Crippen LogP contribution in [0, 0.1) is 0 Å². The Bertz CT molecular complexity index is 364. The Labute approximate surface area is 113 Å². The van der Waals surface area contributed by atoms with Gasteiger partial charge in [-0.1, -0.05) is 6.42 Å². The van der Waals surface area contributed by atoms with Gasteiger partial charge in [-0.15, -0.1) is 0 Å². The Morgan fingerprint density at radius 3 is 3.17 bits per heavy atom. The van der Waals surface area contributed by atoms with Crippen LogP contribution in [0.15, 0.2) is 16.8 Å². The molecular formula is C14H21NO2S. The molecule has 4 heteroatoms. The third-order valence-corrected chi connectivity index (χ3v) is 4.17. The van der Waals surface area contributed by atoms with Crippen molar-refractivity contribution in [1.82, 2.24) is 4.90 Å². The number of thiophene rings is 1. The Morgan fingerprint density at radius 2 is 2.44 bits per heavy atom. The minimum absolute atomic E-state index is 0.0164. The zero-order valence-electron chi connectivity index (χ0n) is 10.9. The van der Waals surface area contributed by atoms with Crippen molar-refractivity contribution < 1.29 is 9.53 Å². The first-order valence-electron chi connectivity index (χ1n) is 6.73. The molecule has 0 aromatic carbocycles. The molecule has 1 unspecified atom stereocenters. The van der Waals surface area contributed by atoms with E-state index >= 15 is 0 Å². The highest BCUT2D eigenvalue weighted by atomic mass is 32.1. The molecule has 0 saturated carbocycles. The molecule has 18 heavy (non-hydrogen) atoms. The van der Waals surface area contributed by atoms with Crippen LogP contribution in [0.1, 0.15) is 31.7 Å². The summed E-state index contributed by atoms with van der Waals surface area (Å²) in [7, 11) is 0. The van der Waals surface area contributed by atoms with Crippen molar-refractivity contribution in [2.24, 2.45) is 0 Å². The second kappa shape index (κ2) is 6.90. The van der Waals surface area contributed by atoms with Crippen LogP contribution in [0.5, 0.6) is 0 Å². The summed E-state index contributed by atoms with van der Waals surface area (Å²) in [6.07, 6.45) is 4.31. The summed E-state index contributed by atoms with van der Waals surface area (Å²) in [6.45, 7) is 4.33. The van der Waals surface area contributed by atoms with Crippen molar-refractivity contribution in [1.29, 1.82) is 0 Å². The molecule has 1 aromatic rings. The van der Waals surface area contributed by atoms with Gasteiger partial charge in [0.25, 0.3) is 0 Å². The highest BCUT2D eigenvalue weighted by Gasteiger charge is 2.29. The van der Waals surface area contributed by atoms with E-state index in [0.717, 1.165) is 32.4 Å². The molecule has 100 valence electrons. The van der Waals surface area contributed by atoms with Gasteiger partial charge in [-0.25, -0.2) is 0 Å². The number of carbonyl (C=O) groups is 1. The Hall–Kier alpha value is -0.870. The number of ether oxygens (including phenoxy) is 1. The number of carbonyl (C=O) groups excluding carboxylic acids is 1. The topological polar surface area (TPSA) is 29.5 Å². The van der Waals surface area contributed by atoms with Crippen molar-refractivity contribution in [2.75, 3.05) is 19.7 Å². The van der Waals surface area contributed by atoms with Gasteiger partial charge in [0.05, 0.1) is 6.61 Å². The molecule has 0 amide bonds. The van der Waals surface area contributed by atoms with E-state index in [2.05, 4.69) is 21.7 Å². The molecule has 1 atom stereocenters. The number of esters is 1. The van der Waals surface area contributed by atoms with E-state index in [1.165, 1.54) is 12.0 Å². The number of piperidine rings is 1. The summed E-state index contributed by atoms with van der Waals surface area (Å²) >= 11 is 1.73. The van der Waals surface area contributed by atoms with E-state index < -0.39 is 0 Å². The molecule has 1 aliphatic heterocycles. The molecule has 1 fully saturated rings. The van der Waals surface area contributed by atoms with Crippen molar-refractivity contribution in [3.05, 3.63) is 22.4 Å². The lowest BCUT2D eigenvalue weighted by atomic mass is 10.0. The maximum atomic E-state index is 11.9. The summed E-state index contributed by atoms with van der Waals surface area (Å²) in [6, 6.07) is 2.14. The van der Waals surface area contributed by atoms with E-state index in [4.69, 9.17) is 4.74 Å². The standard InChI is InChI=1S/C14H21NO2S/c1-2-17-14(16)13-5-3-4-8-15(13)9-6-12-7-10-18-11-12/h7,10-11,13H,2-6,8-9H2,1H3. The molecule has 2 rings (SSSR count). The van der Waals surface area contributed by atoms with Gasteiger partial charge in [0.1, 0.15) is 6.04 Å². The molecular weight excluding hydrogens is 246 g/mol. The largest absolute Gasteiger partial charge is 0.465 e. The van der Waals surface area contributed by atoms with Gasteiger partial charge in [0, 0.05) is 6.54 Å². The van der Waals surface area contributed by atoms with Crippen LogP contribution in [0.2, 0.25) is 0 Å². The minimum atomic E-state index is -0.0393. The van der Waals surface area contributed by atoms with E-state index in [9.17, 15) is 4.79 Å². The SMILES string of the molecule is CCOC(=O)C1CCCCN1CCc1ccsc1. The van der Waals surface area contributed by atoms with Crippen molar-refractivity contribution >= 4 is 17.3 Å².